The Morgan fingerprint density at radius 2 is 1.60 bits per heavy atom. The van der Waals surface area contributed by atoms with Gasteiger partial charge in [0.15, 0.2) is 0 Å². The fourth-order valence-electron chi connectivity index (χ4n) is 0. The van der Waals surface area contributed by atoms with E-state index in [0.717, 1.165) is 0 Å². The van der Waals surface area contributed by atoms with E-state index in [4.69, 9.17) is 15.3 Å². The summed E-state index contributed by atoms with van der Waals surface area (Å²) in [5, 5.41) is 12.5. The van der Waals surface area contributed by atoms with E-state index in [1.165, 1.54) is 0 Å². The van der Waals surface area contributed by atoms with Crippen LogP contribution in [0.2, 0.25) is 0 Å². The average molecular weight is 88.0 g/mol. The van der Waals surface area contributed by atoms with Crippen LogP contribution in [0.25, 0.3) is 0 Å². The molecule has 2 N–H and O–H groups in total. The topological polar surface area (TPSA) is 60.5 Å². The Balaban J connectivity index is -0.0000000450. The predicted octanol–water partition coefficient (Wildman–Crippen LogP) is -3.34. The van der Waals surface area contributed by atoms with Gasteiger partial charge in [0.25, 0.3) is 0 Å². The van der Waals surface area contributed by atoms with Gasteiger partial charge in [-0.1, -0.05) is 0 Å². The van der Waals surface area contributed by atoms with Gasteiger partial charge in [0, 0.05) is 0 Å². The minimum absolute atomic E-state index is 0. The Labute approximate surface area is 51.7 Å². The van der Waals surface area contributed by atoms with Crippen molar-refractivity contribution in [3.8, 4) is 0 Å². The SMILES string of the molecule is O=[N+](O)O.[H-].[Na+]. The molecule has 0 aromatic heterocycles. The summed E-state index contributed by atoms with van der Waals surface area (Å²) in [6.07, 6.45) is 0. The number of nitrogens with zero attached hydrogens (tertiary/aromatic N) is 1. The smallest absolute Gasteiger partial charge is 1.00 e. The summed E-state index contributed by atoms with van der Waals surface area (Å²) in [6.45, 7) is 0. The van der Waals surface area contributed by atoms with Crippen LogP contribution < -0.4 is 29.6 Å². The van der Waals surface area contributed by atoms with Crippen molar-refractivity contribution in [3.63, 3.8) is 0 Å². The monoisotopic (exact) mass is 88.0 g/mol. The molecule has 0 aromatic carbocycles. The van der Waals surface area contributed by atoms with Gasteiger partial charge in [0.2, 0.25) is 0 Å². The Hall–Kier alpha value is 0.200. The van der Waals surface area contributed by atoms with Gasteiger partial charge in [-0.2, -0.15) is 0 Å². The molecule has 0 amide bonds. The minimum atomic E-state index is -1.25. The summed E-state index contributed by atoms with van der Waals surface area (Å²) in [6, 6.07) is 0. The van der Waals surface area contributed by atoms with Crippen molar-refractivity contribution in [2.24, 2.45) is 0 Å². The zero-order valence-corrected chi connectivity index (χ0v) is 4.75. The number of rotatable bonds is 0. The predicted molar refractivity (Wildman–Crippen MR) is 8.31 cm³/mol. The van der Waals surface area contributed by atoms with E-state index in [9.17, 15) is 0 Å². The first-order valence-electron chi connectivity index (χ1n) is 0.583. The van der Waals surface area contributed by atoms with Crippen molar-refractivity contribution >= 4 is 0 Å². The Morgan fingerprint density at radius 3 is 1.60 bits per heavy atom. The molecule has 0 aliphatic heterocycles. The Bertz CT molecular complexity index is 33.8. The number of hydrogen-bond donors (Lipinski definition) is 2. The van der Waals surface area contributed by atoms with Crippen LogP contribution in [0.1, 0.15) is 1.43 Å². The van der Waals surface area contributed by atoms with E-state index in [1.54, 1.807) is 0 Å². The molecule has 0 aliphatic rings. The molecule has 0 saturated carbocycles. The second kappa shape index (κ2) is 4.20. The normalized spacial score (nSPS) is 4.80. The molecule has 0 spiro atoms. The maximum absolute atomic E-state index is 8.47. The molecule has 0 aromatic rings. The molecule has 0 heterocycles. The summed E-state index contributed by atoms with van der Waals surface area (Å²) >= 11 is 0. The summed E-state index contributed by atoms with van der Waals surface area (Å²) in [5.41, 5.74) is 0. The zero-order chi connectivity index (χ0) is 3.58. The second-order valence-corrected chi connectivity index (χ2v) is 0.253. The van der Waals surface area contributed by atoms with E-state index >= 15 is 0 Å². The fraction of sp³-hybridized carbons (Fsp3) is 0. The van der Waals surface area contributed by atoms with Gasteiger partial charge in [-0.15, -0.1) is 0 Å². The van der Waals surface area contributed by atoms with Gasteiger partial charge in [0.05, 0.1) is 0 Å². The van der Waals surface area contributed by atoms with Crippen molar-refractivity contribution < 1.29 is 46.5 Å². The van der Waals surface area contributed by atoms with Gasteiger partial charge < -0.3 is 1.43 Å². The van der Waals surface area contributed by atoms with Crippen LogP contribution in [-0.2, 0) is 0 Å². The molecule has 5 heteroatoms. The average Bonchev–Trinajstić information content (AvgIpc) is 0.811. The summed E-state index contributed by atoms with van der Waals surface area (Å²) in [5.74, 6) is 0. The van der Waals surface area contributed by atoms with E-state index in [1.807, 2.05) is 0 Å². The van der Waals surface area contributed by atoms with Crippen LogP contribution in [0.15, 0.2) is 0 Å². The van der Waals surface area contributed by atoms with Crippen LogP contribution >= 0.6 is 0 Å². The van der Waals surface area contributed by atoms with Gasteiger partial charge in [-0.3, -0.25) is 0 Å². The van der Waals surface area contributed by atoms with Crippen molar-refractivity contribution in [2.75, 3.05) is 0 Å². The quantitative estimate of drug-likeness (QED) is 0.240. The molecule has 0 fully saturated rings. The third-order valence-corrected chi connectivity index (χ3v) is 0. The standard InChI is InChI=1S/H2NO3.Na.H/c2-1(3)4;;/h(H2,2,3,4);;/q2*+1;-1. The maximum Gasteiger partial charge on any atom is 1.00 e. The summed E-state index contributed by atoms with van der Waals surface area (Å²) < 4.78 is 0. The van der Waals surface area contributed by atoms with Crippen molar-refractivity contribution in [1.82, 2.24) is 0 Å². The molecule has 0 rings (SSSR count). The molecule has 0 radical (unpaired) electrons. The molecule has 0 saturated heterocycles. The summed E-state index contributed by atoms with van der Waals surface area (Å²) in [7, 11) is 0. The molecular weight excluding hydrogens is 85.0 g/mol. The molecule has 5 heavy (non-hydrogen) atoms. The van der Waals surface area contributed by atoms with Crippen LogP contribution in [0.5, 0.6) is 0 Å². The Kier molecular flexibility index (Phi) is 7.52. The first kappa shape index (κ1) is 8.96. The summed E-state index contributed by atoms with van der Waals surface area (Å²) in [4.78, 5) is 8.47. The maximum atomic E-state index is 8.47. The molecule has 0 atom stereocenters. The van der Waals surface area contributed by atoms with Crippen molar-refractivity contribution in [3.05, 3.63) is 4.91 Å². The largest absolute Gasteiger partial charge is 1.00 e. The zero-order valence-electron chi connectivity index (χ0n) is 3.75. The van der Waals surface area contributed by atoms with E-state index < -0.39 is 5.09 Å². The first-order chi connectivity index (χ1) is 1.73. The first-order valence-corrected chi connectivity index (χ1v) is 0.583. The van der Waals surface area contributed by atoms with Crippen LogP contribution in [0.4, 0.5) is 0 Å². The second-order valence-electron chi connectivity index (χ2n) is 0.253. The van der Waals surface area contributed by atoms with Crippen LogP contribution in [-0.4, -0.2) is 15.5 Å². The van der Waals surface area contributed by atoms with Gasteiger partial charge in [0.1, 0.15) is 4.91 Å². The minimum Gasteiger partial charge on any atom is -1.00 e. The molecular formula is H3NNaO3+. The Morgan fingerprint density at radius 1 is 1.60 bits per heavy atom. The van der Waals surface area contributed by atoms with Crippen molar-refractivity contribution in [2.45, 2.75) is 0 Å². The molecule has 0 aliphatic carbocycles. The van der Waals surface area contributed by atoms with Crippen LogP contribution in [0, 0.1) is 4.91 Å². The molecule has 0 unspecified atom stereocenters. The molecule has 4 nitrogen and oxygen atoms in total. The van der Waals surface area contributed by atoms with Gasteiger partial charge >= 0.3 is 34.6 Å². The molecule has 0 bridgehead atoms. The molecule has 26 valence electrons. The van der Waals surface area contributed by atoms with Crippen LogP contribution in [0.3, 0.4) is 0 Å². The van der Waals surface area contributed by atoms with E-state index in [-0.39, 0.29) is 31.0 Å². The van der Waals surface area contributed by atoms with Gasteiger partial charge in [-0.25, -0.2) is 10.4 Å². The van der Waals surface area contributed by atoms with Crippen molar-refractivity contribution in [1.29, 1.82) is 0 Å². The fourth-order valence-corrected chi connectivity index (χ4v) is 0. The third kappa shape index (κ3) is 508. The van der Waals surface area contributed by atoms with E-state index in [2.05, 4.69) is 0 Å². The van der Waals surface area contributed by atoms with Gasteiger partial charge in [-0.05, 0) is 0 Å². The number of hydrogen-bond acceptors (Lipinski definition) is 1. The third-order valence-electron chi connectivity index (χ3n) is 0. The van der Waals surface area contributed by atoms with E-state index in [0.29, 0.717) is 0 Å².